The van der Waals surface area contributed by atoms with Gasteiger partial charge in [0, 0.05) is 41.0 Å². The van der Waals surface area contributed by atoms with E-state index in [1.807, 2.05) is 104 Å². The summed E-state index contributed by atoms with van der Waals surface area (Å²) in [7, 11) is 1.95. The van der Waals surface area contributed by atoms with Gasteiger partial charge >= 0.3 is 0 Å². The monoisotopic (exact) mass is 517 g/mol. The molecule has 0 unspecified atom stereocenters. The predicted octanol–water partition coefficient (Wildman–Crippen LogP) is 6.03. The van der Waals surface area contributed by atoms with Crippen LogP contribution in [0.5, 0.6) is 0 Å². The van der Waals surface area contributed by atoms with Crippen LogP contribution in [-0.4, -0.2) is 46.1 Å². The third-order valence-corrected chi connectivity index (χ3v) is 6.54. The highest BCUT2D eigenvalue weighted by Crippen LogP contribution is 2.28. The maximum Gasteiger partial charge on any atom is 0.255 e. The lowest BCUT2D eigenvalue weighted by atomic mass is 10.1. The van der Waals surface area contributed by atoms with Crippen LogP contribution in [0.3, 0.4) is 0 Å². The van der Waals surface area contributed by atoms with Gasteiger partial charge in [0.2, 0.25) is 5.95 Å². The summed E-state index contributed by atoms with van der Waals surface area (Å²) in [4.78, 5) is 24.6. The highest BCUT2D eigenvalue weighted by atomic mass is 16.3. The normalized spacial score (nSPS) is 11.1. The second-order valence-corrected chi connectivity index (χ2v) is 9.55. The zero-order valence-electron chi connectivity index (χ0n) is 22.1. The molecule has 1 amide bonds. The summed E-state index contributed by atoms with van der Waals surface area (Å²) in [5.74, 6) is 0.308. The molecule has 1 aromatic heterocycles. The Kier molecular flexibility index (Phi) is 7.91. The number of carbonyl (C=O) groups is 1. The van der Waals surface area contributed by atoms with Gasteiger partial charge in [-0.05, 0) is 61.5 Å². The fourth-order valence-electron chi connectivity index (χ4n) is 4.44. The van der Waals surface area contributed by atoms with Crippen molar-refractivity contribution in [3.63, 3.8) is 0 Å². The summed E-state index contributed by atoms with van der Waals surface area (Å²) in [6, 6.07) is 31.3. The van der Waals surface area contributed by atoms with Gasteiger partial charge in [-0.25, -0.2) is 9.97 Å². The van der Waals surface area contributed by atoms with Crippen LogP contribution < -0.4 is 10.6 Å². The highest BCUT2D eigenvalue weighted by molar-refractivity contribution is 6.05. The van der Waals surface area contributed by atoms with E-state index >= 15 is 0 Å². The Morgan fingerprint density at radius 2 is 1.64 bits per heavy atom. The molecule has 0 aliphatic heterocycles. The summed E-state index contributed by atoms with van der Waals surface area (Å²) < 4.78 is 0. The average Bonchev–Trinajstić information content (AvgIpc) is 2.95. The molecule has 39 heavy (non-hydrogen) atoms. The molecule has 0 radical (unpaired) electrons. The number of carbonyl (C=O) groups excluding carboxylic acids is 1. The Hall–Kier alpha value is -4.59. The van der Waals surface area contributed by atoms with Crippen LogP contribution in [0.15, 0.2) is 97.1 Å². The molecule has 0 atom stereocenters. The van der Waals surface area contributed by atoms with Crippen LogP contribution in [0, 0.1) is 6.92 Å². The van der Waals surface area contributed by atoms with Crippen molar-refractivity contribution in [2.75, 3.05) is 30.8 Å². The van der Waals surface area contributed by atoms with E-state index in [0.29, 0.717) is 24.6 Å². The zero-order chi connectivity index (χ0) is 27.2. The minimum Gasteiger partial charge on any atom is -0.395 e. The molecular formula is C32H31N5O2. The molecule has 5 aromatic rings. The first-order valence-electron chi connectivity index (χ1n) is 12.9. The molecule has 0 aliphatic rings. The van der Waals surface area contributed by atoms with Gasteiger partial charge in [-0.1, -0.05) is 60.7 Å². The van der Waals surface area contributed by atoms with E-state index in [2.05, 4.69) is 10.6 Å². The zero-order valence-corrected chi connectivity index (χ0v) is 22.1. The molecule has 0 spiro atoms. The van der Waals surface area contributed by atoms with Gasteiger partial charge in [-0.3, -0.25) is 9.69 Å². The fourth-order valence-corrected chi connectivity index (χ4v) is 4.44. The Morgan fingerprint density at radius 3 is 2.41 bits per heavy atom. The van der Waals surface area contributed by atoms with Gasteiger partial charge < -0.3 is 15.7 Å². The van der Waals surface area contributed by atoms with Gasteiger partial charge in [0.05, 0.1) is 17.8 Å². The van der Waals surface area contributed by atoms with E-state index in [-0.39, 0.29) is 12.5 Å². The fraction of sp³-hybridized carbons (Fsp3) is 0.156. The van der Waals surface area contributed by atoms with Crippen molar-refractivity contribution in [2.24, 2.45) is 0 Å². The molecule has 0 bridgehead atoms. The van der Waals surface area contributed by atoms with E-state index in [1.54, 1.807) is 12.1 Å². The van der Waals surface area contributed by atoms with Crippen LogP contribution in [0.2, 0.25) is 0 Å². The maximum absolute atomic E-state index is 13.0. The lowest BCUT2D eigenvalue weighted by molar-refractivity contribution is 0.102. The Morgan fingerprint density at radius 1 is 0.897 bits per heavy atom. The summed E-state index contributed by atoms with van der Waals surface area (Å²) >= 11 is 0. The number of aliphatic hydroxyl groups is 1. The highest BCUT2D eigenvalue weighted by Gasteiger charge is 2.12. The summed E-state index contributed by atoms with van der Waals surface area (Å²) in [6.45, 7) is 3.36. The van der Waals surface area contributed by atoms with Gasteiger partial charge in [0.15, 0.2) is 0 Å². The number of aliphatic hydroxyl groups excluding tert-OH is 1. The van der Waals surface area contributed by atoms with Crippen molar-refractivity contribution in [1.82, 2.24) is 14.9 Å². The number of likely N-dealkylation sites (N-methyl/N-ethyl adjacent to an activating group) is 1. The number of hydrogen-bond donors (Lipinski definition) is 3. The molecule has 4 aromatic carbocycles. The lowest BCUT2D eigenvalue weighted by Gasteiger charge is -2.17. The first-order chi connectivity index (χ1) is 19.0. The summed E-state index contributed by atoms with van der Waals surface area (Å²) in [5.41, 5.74) is 6.89. The number of fused-ring (bicyclic) bond motifs is 1. The van der Waals surface area contributed by atoms with E-state index in [0.717, 1.165) is 44.7 Å². The minimum atomic E-state index is -0.182. The molecular weight excluding hydrogens is 486 g/mol. The van der Waals surface area contributed by atoms with Crippen molar-refractivity contribution in [1.29, 1.82) is 0 Å². The van der Waals surface area contributed by atoms with Gasteiger partial charge in [0.25, 0.3) is 5.91 Å². The van der Waals surface area contributed by atoms with Gasteiger partial charge in [-0.2, -0.15) is 0 Å². The van der Waals surface area contributed by atoms with Crippen molar-refractivity contribution in [3.8, 4) is 11.3 Å². The van der Waals surface area contributed by atoms with Crippen LogP contribution in [-0.2, 0) is 6.54 Å². The van der Waals surface area contributed by atoms with Crippen molar-refractivity contribution >= 4 is 34.1 Å². The largest absolute Gasteiger partial charge is 0.395 e. The third-order valence-electron chi connectivity index (χ3n) is 6.54. The molecule has 0 saturated heterocycles. The SMILES string of the molecule is Cc1ccc(CN(C)CCO)cc1NC(=O)c1ccc(Nc2nc(-c3ccccc3)c3ccccc3n2)cc1. The maximum atomic E-state index is 13.0. The number of anilines is 3. The number of aryl methyl sites for hydroxylation is 1. The van der Waals surface area contributed by atoms with Crippen molar-refractivity contribution in [3.05, 3.63) is 114 Å². The van der Waals surface area contributed by atoms with Crippen molar-refractivity contribution in [2.45, 2.75) is 13.5 Å². The number of nitrogens with zero attached hydrogens (tertiary/aromatic N) is 3. The van der Waals surface area contributed by atoms with Crippen LogP contribution in [0.1, 0.15) is 21.5 Å². The Labute approximate surface area is 228 Å². The number of nitrogens with one attached hydrogen (secondary N) is 2. The van der Waals surface area contributed by atoms with E-state index in [9.17, 15) is 4.79 Å². The standard InChI is InChI=1S/C32H31N5O2/c1-22-12-13-23(21-37(2)18-19-38)20-29(22)34-31(39)25-14-16-26(17-15-25)33-32-35-28-11-7-6-10-27(28)30(36-32)24-8-4-3-5-9-24/h3-17,20,38H,18-19,21H2,1-2H3,(H,34,39)(H,33,35,36). The smallest absolute Gasteiger partial charge is 0.255 e. The average molecular weight is 518 g/mol. The summed E-state index contributed by atoms with van der Waals surface area (Å²) in [5, 5.41) is 16.5. The molecule has 1 heterocycles. The summed E-state index contributed by atoms with van der Waals surface area (Å²) in [6.07, 6.45) is 0. The van der Waals surface area contributed by atoms with E-state index in [1.165, 1.54) is 0 Å². The quantitative estimate of drug-likeness (QED) is 0.221. The first-order valence-corrected chi connectivity index (χ1v) is 12.9. The molecule has 3 N–H and O–H groups in total. The second kappa shape index (κ2) is 11.9. The predicted molar refractivity (Wildman–Crippen MR) is 157 cm³/mol. The number of hydrogen-bond acceptors (Lipinski definition) is 6. The number of benzene rings is 4. The van der Waals surface area contributed by atoms with E-state index < -0.39 is 0 Å². The molecule has 0 aliphatic carbocycles. The second-order valence-electron chi connectivity index (χ2n) is 9.55. The van der Waals surface area contributed by atoms with Crippen LogP contribution in [0.4, 0.5) is 17.3 Å². The third kappa shape index (κ3) is 6.29. The lowest BCUT2D eigenvalue weighted by Crippen LogP contribution is -2.21. The number of aromatic nitrogens is 2. The molecule has 0 saturated carbocycles. The Bertz CT molecular complexity index is 1590. The topological polar surface area (TPSA) is 90.4 Å². The minimum absolute atomic E-state index is 0.109. The van der Waals surface area contributed by atoms with E-state index in [4.69, 9.17) is 15.1 Å². The van der Waals surface area contributed by atoms with Crippen LogP contribution in [0.25, 0.3) is 22.2 Å². The van der Waals surface area contributed by atoms with Crippen molar-refractivity contribution < 1.29 is 9.90 Å². The van der Waals surface area contributed by atoms with Crippen LogP contribution >= 0.6 is 0 Å². The van der Waals surface area contributed by atoms with Gasteiger partial charge in [-0.15, -0.1) is 0 Å². The molecule has 7 heteroatoms. The molecule has 196 valence electrons. The first kappa shape index (κ1) is 26.0. The molecule has 0 fully saturated rings. The molecule has 5 rings (SSSR count). The molecule has 7 nitrogen and oxygen atoms in total. The number of amides is 1. The van der Waals surface area contributed by atoms with Gasteiger partial charge in [0.1, 0.15) is 0 Å². The number of rotatable bonds is 9. The Balaban J connectivity index is 1.32. The number of para-hydroxylation sites is 1.